The molecule has 0 saturated carbocycles. The standard InChI is InChI=1S/C14H11IO2/c15-14(11-3-7-13(17)8-4-11)9-10-1-5-12(16)6-2-10/h1-9,16-17H. The fourth-order valence-electron chi connectivity index (χ4n) is 1.42. The Morgan fingerprint density at radius 1 is 0.824 bits per heavy atom. The molecule has 2 N–H and O–H groups in total. The average molecular weight is 338 g/mol. The minimum absolute atomic E-state index is 0.266. The van der Waals surface area contributed by atoms with Gasteiger partial charge in [-0.05, 0) is 64.1 Å². The van der Waals surface area contributed by atoms with E-state index in [1.54, 1.807) is 24.3 Å². The maximum atomic E-state index is 9.21. The largest absolute Gasteiger partial charge is 0.508 e. The summed E-state index contributed by atoms with van der Waals surface area (Å²) in [7, 11) is 0. The molecule has 0 heterocycles. The molecule has 2 aromatic rings. The van der Waals surface area contributed by atoms with Gasteiger partial charge < -0.3 is 10.2 Å². The number of halogens is 1. The molecule has 2 rings (SSSR count). The Morgan fingerprint density at radius 2 is 1.29 bits per heavy atom. The minimum Gasteiger partial charge on any atom is -0.508 e. The molecular weight excluding hydrogens is 327 g/mol. The van der Waals surface area contributed by atoms with Crippen LogP contribution in [-0.2, 0) is 0 Å². The van der Waals surface area contributed by atoms with Gasteiger partial charge in [-0.15, -0.1) is 0 Å². The predicted octanol–water partition coefficient (Wildman–Crippen LogP) is 4.03. The van der Waals surface area contributed by atoms with Gasteiger partial charge in [0.1, 0.15) is 11.5 Å². The molecule has 2 nitrogen and oxygen atoms in total. The Kier molecular flexibility index (Phi) is 3.68. The van der Waals surface area contributed by atoms with E-state index in [0.29, 0.717) is 0 Å². The second-order valence-electron chi connectivity index (χ2n) is 3.63. The Balaban J connectivity index is 2.27. The van der Waals surface area contributed by atoms with Crippen molar-refractivity contribution in [1.82, 2.24) is 0 Å². The van der Waals surface area contributed by atoms with E-state index in [2.05, 4.69) is 22.6 Å². The van der Waals surface area contributed by atoms with Gasteiger partial charge >= 0.3 is 0 Å². The van der Waals surface area contributed by atoms with Crippen molar-refractivity contribution in [2.45, 2.75) is 0 Å². The van der Waals surface area contributed by atoms with Crippen LogP contribution in [0, 0.1) is 0 Å². The fraction of sp³-hybridized carbons (Fsp3) is 0. The molecule has 0 fully saturated rings. The zero-order valence-electron chi connectivity index (χ0n) is 8.97. The minimum atomic E-state index is 0.266. The molecule has 0 aliphatic rings. The smallest absolute Gasteiger partial charge is 0.115 e. The Hall–Kier alpha value is -1.49. The van der Waals surface area contributed by atoms with E-state index in [-0.39, 0.29) is 11.5 Å². The third kappa shape index (κ3) is 3.23. The van der Waals surface area contributed by atoms with E-state index in [0.717, 1.165) is 14.7 Å². The van der Waals surface area contributed by atoms with Gasteiger partial charge in [-0.1, -0.05) is 24.3 Å². The van der Waals surface area contributed by atoms with E-state index < -0.39 is 0 Å². The van der Waals surface area contributed by atoms with Crippen molar-refractivity contribution < 1.29 is 10.2 Å². The third-order valence-electron chi connectivity index (χ3n) is 2.33. The van der Waals surface area contributed by atoms with Crippen LogP contribution >= 0.6 is 22.6 Å². The first kappa shape index (κ1) is 12.0. The van der Waals surface area contributed by atoms with Crippen LogP contribution < -0.4 is 0 Å². The second kappa shape index (κ2) is 5.23. The summed E-state index contributed by atoms with van der Waals surface area (Å²) in [6.45, 7) is 0. The van der Waals surface area contributed by atoms with Crippen molar-refractivity contribution in [3.63, 3.8) is 0 Å². The number of benzene rings is 2. The highest BCUT2D eigenvalue weighted by Crippen LogP contribution is 2.26. The highest BCUT2D eigenvalue weighted by atomic mass is 127. The molecule has 3 heteroatoms. The summed E-state index contributed by atoms with van der Waals surface area (Å²) in [6.07, 6.45) is 2.02. The maximum absolute atomic E-state index is 9.21. The normalized spacial score (nSPS) is 11.5. The van der Waals surface area contributed by atoms with Crippen molar-refractivity contribution in [3.8, 4) is 11.5 Å². The van der Waals surface area contributed by atoms with Gasteiger partial charge in [0.25, 0.3) is 0 Å². The third-order valence-corrected chi connectivity index (χ3v) is 3.26. The van der Waals surface area contributed by atoms with Crippen LogP contribution in [0.4, 0.5) is 0 Å². The van der Waals surface area contributed by atoms with Crippen molar-refractivity contribution >= 4 is 32.2 Å². The molecule has 2 aromatic carbocycles. The number of phenolic OH excluding ortho intramolecular Hbond substituents is 2. The van der Waals surface area contributed by atoms with Crippen LogP contribution in [0.15, 0.2) is 48.5 Å². The molecule has 86 valence electrons. The molecule has 0 amide bonds. The van der Waals surface area contributed by atoms with E-state index in [4.69, 9.17) is 0 Å². The number of aromatic hydroxyl groups is 2. The van der Waals surface area contributed by atoms with E-state index in [1.165, 1.54) is 0 Å². The molecule has 0 aromatic heterocycles. The van der Waals surface area contributed by atoms with Crippen molar-refractivity contribution in [3.05, 3.63) is 59.7 Å². The zero-order valence-corrected chi connectivity index (χ0v) is 11.1. The van der Waals surface area contributed by atoms with Crippen molar-refractivity contribution in [2.75, 3.05) is 0 Å². The number of rotatable bonds is 2. The van der Waals surface area contributed by atoms with E-state index >= 15 is 0 Å². The van der Waals surface area contributed by atoms with E-state index in [9.17, 15) is 10.2 Å². The van der Waals surface area contributed by atoms with Crippen LogP contribution in [-0.4, -0.2) is 10.2 Å². The highest BCUT2D eigenvalue weighted by molar-refractivity contribution is 14.1. The lowest BCUT2D eigenvalue weighted by atomic mass is 10.1. The fourth-order valence-corrected chi connectivity index (χ4v) is 2.14. The predicted molar refractivity (Wildman–Crippen MR) is 78.1 cm³/mol. The Bertz CT molecular complexity index is 527. The maximum Gasteiger partial charge on any atom is 0.115 e. The molecule has 0 saturated heterocycles. The summed E-state index contributed by atoms with van der Waals surface area (Å²) >= 11 is 2.25. The van der Waals surface area contributed by atoms with Gasteiger partial charge in [0, 0.05) is 3.58 Å². The lowest BCUT2D eigenvalue weighted by molar-refractivity contribution is 0.474. The van der Waals surface area contributed by atoms with Gasteiger partial charge in [-0.25, -0.2) is 0 Å². The lowest BCUT2D eigenvalue weighted by Crippen LogP contribution is -1.77. The van der Waals surface area contributed by atoms with Gasteiger partial charge in [-0.3, -0.25) is 0 Å². The average Bonchev–Trinajstić information content (AvgIpc) is 2.33. The first-order valence-corrected chi connectivity index (χ1v) is 6.19. The molecule has 0 bridgehead atoms. The summed E-state index contributed by atoms with van der Waals surface area (Å²) in [5.41, 5.74) is 2.08. The Morgan fingerprint density at radius 3 is 1.82 bits per heavy atom. The molecule has 0 aliphatic heterocycles. The monoisotopic (exact) mass is 338 g/mol. The van der Waals surface area contributed by atoms with Crippen LogP contribution in [0.5, 0.6) is 11.5 Å². The Labute approximate surface area is 113 Å². The second-order valence-corrected chi connectivity index (χ2v) is 4.79. The van der Waals surface area contributed by atoms with Crippen LogP contribution in [0.2, 0.25) is 0 Å². The molecule has 0 spiro atoms. The molecule has 0 unspecified atom stereocenters. The molecule has 17 heavy (non-hydrogen) atoms. The first-order valence-electron chi connectivity index (χ1n) is 5.11. The zero-order chi connectivity index (χ0) is 12.3. The van der Waals surface area contributed by atoms with Crippen molar-refractivity contribution in [2.24, 2.45) is 0 Å². The molecule has 0 radical (unpaired) electrons. The lowest BCUT2D eigenvalue weighted by Gasteiger charge is -2.01. The summed E-state index contributed by atoms with van der Waals surface area (Å²) in [4.78, 5) is 0. The summed E-state index contributed by atoms with van der Waals surface area (Å²) in [6, 6.07) is 14.1. The van der Waals surface area contributed by atoms with Crippen LogP contribution in [0.3, 0.4) is 0 Å². The van der Waals surface area contributed by atoms with Crippen molar-refractivity contribution in [1.29, 1.82) is 0 Å². The van der Waals surface area contributed by atoms with Gasteiger partial charge in [0.15, 0.2) is 0 Å². The van der Waals surface area contributed by atoms with Gasteiger partial charge in [0.05, 0.1) is 0 Å². The number of hydrogen-bond acceptors (Lipinski definition) is 2. The summed E-state index contributed by atoms with van der Waals surface area (Å²) in [5, 5.41) is 18.4. The number of hydrogen-bond donors (Lipinski definition) is 2. The highest BCUT2D eigenvalue weighted by Gasteiger charge is 1.98. The molecular formula is C14H11IO2. The van der Waals surface area contributed by atoms with Crippen LogP contribution in [0.25, 0.3) is 9.66 Å². The van der Waals surface area contributed by atoms with Crippen LogP contribution in [0.1, 0.15) is 11.1 Å². The molecule has 0 aliphatic carbocycles. The molecule has 0 atom stereocenters. The summed E-state index contributed by atoms with van der Waals surface area (Å²) in [5.74, 6) is 0.532. The quantitative estimate of drug-likeness (QED) is 0.641. The topological polar surface area (TPSA) is 40.5 Å². The first-order chi connectivity index (χ1) is 8.15. The van der Waals surface area contributed by atoms with E-state index in [1.807, 2.05) is 30.3 Å². The summed E-state index contributed by atoms with van der Waals surface area (Å²) < 4.78 is 1.08. The van der Waals surface area contributed by atoms with Gasteiger partial charge in [0.2, 0.25) is 0 Å². The number of phenols is 2. The SMILES string of the molecule is Oc1ccc(C=C(I)c2ccc(O)cc2)cc1. The van der Waals surface area contributed by atoms with Gasteiger partial charge in [-0.2, -0.15) is 0 Å².